The Morgan fingerprint density at radius 3 is 1.56 bits per heavy atom. The minimum absolute atomic E-state index is 0. The van der Waals surface area contributed by atoms with E-state index in [1.54, 1.807) is 0 Å². The van der Waals surface area contributed by atoms with Gasteiger partial charge in [0.1, 0.15) is 8.64 Å². The maximum Gasteiger partial charge on any atom is 0.227 e. The molecule has 104 valence electrons. The fourth-order valence-corrected chi connectivity index (χ4v) is 1.27. The van der Waals surface area contributed by atoms with E-state index >= 15 is 0 Å². The van der Waals surface area contributed by atoms with Crippen LogP contribution in [0.3, 0.4) is 0 Å². The third kappa shape index (κ3) is 14.0. The molecule has 0 bridgehead atoms. The van der Waals surface area contributed by atoms with Gasteiger partial charge < -0.3 is 10.6 Å². The molecule has 2 amide bonds. The second-order valence-corrected chi connectivity index (χ2v) is 5.25. The topological polar surface area (TPSA) is 70.2 Å². The SMILES string of the molecule is O=C1CCC(=O)N1.S.S=C(S)NCCNC(=S)S. The first-order chi connectivity index (χ1) is 7.91. The lowest BCUT2D eigenvalue weighted by molar-refractivity contribution is -0.124. The summed E-state index contributed by atoms with van der Waals surface area (Å²) in [6.07, 6.45) is 0.748. The van der Waals surface area contributed by atoms with Crippen molar-refractivity contribution >= 4 is 83.6 Å². The Balaban J connectivity index is 0. The van der Waals surface area contributed by atoms with Gasteiger partial charge in [-0.05, 0) is 0 Å². The molecule has 1 aliphatic rings. The van der Waals surface area contributed by atoms with Gasteiger partial charge in [-0.2, -0.15) is 13.5 Å². The maximum atomic E-state index is 10.1. The Bertz CT molecular complexity index is 294. The molecule has 1 heterocycles. The highest BCUT2D eigenvalue weighted by atomic mass is 32.1. The van der Waals surface area contributed by atoms with Crippen LogP contribution in [0.4, 0.5) is 0 Å². The minimum atomic E-state index is -0.148. The van der Waals surface area contributed by atoms with E-state index in [1.165, 1.54) is 0 Å². The van der Waals surface area contributed by atoms with Crippen molar-refractivity contribution in [3.05, 3.63) is 0 Å². The van der Waals surface area contributed by atoms with Gasteiger partial charge in [-0.3, -0.25) is 14.9 Å². The summed E-state index contributed by atoms with van der Waals surface area (Å²) in [7, 11) is 0. The zero-order valence-electron chi connectivity index (χ0n) is 9.36. The molecule has 10 heteroatoms. The molecule has 0 aromatic heterocycles. The van der Waals surface area contributed by atoms with Crippen LogP contribution < -0.4 is 16.0 Å². The molecule has 0 aromatic carbocycles. The Morgan fingerprint density at radius 1 is 1.06 bits per heavy atom. The van der Waals surface area contributed by atoms with Gasteiger partial charge >= 0.3 is 0 Å². The highest BCUT2D eigenvalue weighted by Gasteiger charge is 2.15. The van der Waals surface area contributed by atoms with Gasteiger partial charge in [-0.15, -0.1) is 25.3 Å². The summed E-state index contributed by atoms with van der Waals surface area (Å²) in [5, 5.41) is 7.82. The zero-order valence-corrected chi connectivity index (χ0v) is 13.8. The highest BCUT2D eigenvalue weighted by molar-refractivity contribution is 8.11. The van der Waals surface area contributed by atoms with E-state index in [0.717, 1.165) is 0 Å². The number of hydrogen-bond acceptors (Lipinski definition) is 4. The normalized spacial score (nSPS) is 12.6. The summed E-state index contributed by atoms with van der Waals surface area (Å²) >= 11 is 17.0. The zero-order chi connectivity index (χ0) is 13.3. The minimum Gasteiger partial charge on any atom is -0.369 e. The summed E-state index contributed by atoms with van der Waals surface area (Å²) in [6, 6.07) is 0. The van der Waals surface area contributed by atoms with E-state index in [1.807, 2.05) is 0 Å². The van der Waals surface area contributed by atoms with Gasteiger partial charge in [-0.1, -0.05) is 24.4 Å². The van der Waals surface area contributed by atoms with Crippen LogP contribution in [0, 0.1) is 0 Å². The molecule has 1 aliphatic heterocycles. The van der Waals surface area contributed by atoms with Crippen LogP contribution in [-0.2, 0) is 9.59 Å². The van der Waals surface area contributed by atoms with Crippen molar-refractivity contribution in [1.82, 2.24) is 16.0 Å². The second-order valence-electron chi connectivity index (χ2n) is 2.94. The average Bonchev–Trinajstić information content (AvgIpc) is 2.58. The quantitative estimate of drug-likeness (QED) is 0.217. The molecule has 18 heavy (non-hydrogen) atoms. The lowest BCUT2D eigenvalue weighted by Gasteiger charge is -2.03. The van der Waals surface area contributed by atoms with E-state index in [-0.39, 0.29) is 25.3 Å². The predicted octanol–water partition coefficient (Wildman–Crippen LogP) is 0.131. The van der Waals surface area contributed by atoms with Crippen molar-refractivity contribution in [1.29, 1.82) is 0 Å². The smallest absolute Gasteiger partial charge is 0.227 e. The number of rotatable bonds is 3. The van der Waals surface area contributed by atoms with Gasteiger partial charge in [0.25, 0.3) is 0 Å². The van der Waals surface area contributed by atoms with Crippen molar-refractivity contribution in [2.24, 2.45) is 0 Å². The Morgan fingerprint density at radius 2 is 1.39 bits per heavy atom. The van der Waals surface area contributed by atoms with Crippen molar-refractivity contribution in [2.45, 2.75) is 12.8 Å². The molecule has 0 aliphatic carbocycles. The van der Waals surface area contributed by atoms with Crippen LogP contribution in [0.15, 0.2) is 0 Å². The van der Waals surface area contributed by atoms with Crippen molar-refractivity contribution in [3.63, 3.8) is 0 Å². The number of hydrogen-bond donors (Lipinski definition) is 5. The van der Waals surface area contributed by atoms with Crippen LogP contribution in [0.5, 0.6) is 0 Å². The van der Waals surface area contributed by atoms with Crippen molar-refractivity contribution < 1.29 is 9.59 Å². The summed E-state index contributed by atoms with van der Waals surface area (Å²) in [5.74, 6) is -0.296. The molecule has 0 aromatic rings. The average molecular weight is 346 g/mol. The van der Waals surface area contributed by atoms with E-state index in [4.69, 9.17) is 0 Å². The number of nitrogens with one attached hydrogen (secondary N) is 3. The van der Waals surface area contributed by atoms with E-state index in [2.05, 4.69) is 65.6 Å². The molecule has 0 saturated carbocycles. The number of thiol groups is 2. The molecule has 1 rings (SSSR count). The van der Waals surface area contributed by atoms with Gasteiger partial charge in [-0.25, -0.2) is 0 Å². The first-order valence-electron chi connectivity index (χ1n) is 4.68. The fraction of sp³-hybridized carbons (Fsp3) is 0.500. The maximum absolute atomic E-state index is 10.1. The fourth-order valence-electron chi connectivity index (χ4n) is 0.846. The molecule has 1 saturated heterocycles. The largest absolute Gasteiger partial charge is 0.369 e. The first-order valence-corrected chi connectivity index (χ1v) is 6.39. The van der Waals surface area contributed by atoms with Crippen LogP contribution in [0.2, 0.25) is 0 Å². The molecule has 3 N–H and O–H groups in total. The van der Waals surface area contributed by atoms with Gasteiger partial charge in [0.05, 0.1) is 0 Å². The number of thiocarbonyl (C=S) groups is 2. The van der Waals surface area contributed by atoms with Gasteiger partial charge in [0.15, 0.2) is 0 Å². The second kappa shape index (κ2) is 12.0. The molecule has 0 atom stereocenters. The molecule has 1 fully saturated rings. The van der Waals surface area contributed by atoms with Gasteiger partial charge in [0.2, 0.25) is 11.8 Å². The predicted molar refractivity (Wildman–Crippen MR) is 91.9 cm³/mol. The molecular formula is C8H15N3O2S5. The lowest BCUT2D eigenvalue weighted by Crippen LogP contribution is -2.29. The monoisotopic (exact) mass is 345 g/mol. The molecule has 5 nitrogen and oxygen atoms in total. The van der Waals surface area contributed by atoms with Crippen LogP contribution >= 0.6 is 63.2 Å². The molecule has 0 radical (unpaired) electrons. The third-order valence-electron chi connectivity index (χ3n) is 1.54. The van der Waals surface area contributed by atoms with E-state index in [9.17, 15) is 9.59 Å². The van der Waals surface area contributed by atoms with E-state index in [0.29, 0.717) is 34.6 Å². The first kappa shape index (κ1) is 20.3. The van der Waals surface area contributed by atoms with E-state index < -0.39 is 0 Å². The summed E-state index contributed by atoms with van der Waals surface area (Å²) in [5.41, 5.74) is 0. The standard InChI is InChI=1S/C4H8N2S4.C4H5NO2.H2S/c7-3(8)5-1-2-6-4(9)10;6-3-1-2-4(7)5-3;/h1-2H2,(H2,5,7,8)(H2,6,9,10);1-2H2,(H,5,6,7);1H2. The van der Waals surface area contributed by atoms with Crippen LogP contribution in [0.25, 0.3) is 0 Å². The molecular weight excluding hydrogens is 330 g/mol. The molecule has 0 unspecified atom stereocenters. The Kier molecular flexibility index (Phi) is 13.6. The number of amides is 2. The number of carbonyl (C=O) groups is 2. The van der Waals surface area contributed by atoms with Crippen molar-refractivity contribution in [2.75, 3.05) is 13.1 Å². The highest BCUT2D eigenvalue weighted by Crippen LogP contribution is 1.95. The van der Waals surface area contributed by atoms with Crippen molar-refractivity contribution in [3.8, 4) is 0 Å². The summed E-state index contributed by atoms with van der Waals surface area (Å²) in [4.78, 5) is 20.2. The third-order valence-corrected chi connectivity index (χ3v) is 2.14. The van der Waals surface area contributed by atoms with Gasteiger partial charge in [0, 0.05) is 25.9 Å². The summed E-state index contributed by atoms with van der Waals surface area (Å²) < 4.78 is 0.985. The lowest BCUT2D eigenvalue weighted by atomic mass is 10.4. The summed E-state index contributed by atoms with van der Waals surface area (Å²) in [6.45, 7) is 1.42. The number of carbonyl (C=O) groups excluding carboxylic acids is 2. The van der Waals surface area contributed by atoms with Crippen LogP contribution in [-0.4, -0.2) is 33.5 Å². The Hall–Kier alpha value is -0.0300. The number of imide groups is 1. The Labute approximate surface area is 134 Å². The van der Waals surface area contributed by atoms with Crippen LogP contribution in [0.1, 0.15) is 12.8 Å². The molecule has 0 spiro atoms.